The number of ether oxygens (including phenoxy) is 1. The highest BCUT2D eigenvalue weighted by molar-refractivity contribution is 14.1. The van der Waals surface area contributed by atoms with Crippen LogP contribution in [0.25, 0.3) is 0 Å². The molecule has 1 heterocycles. The monoisotopic (exact) mass is 473 g/mol. The number of alkyl carbamates (subject to hydrolysis) is 1. The van der Waals surface area contributed by atoms with Crippen LogP contribution in [0.15, 0.2) is 24.3 Å². The molecule has 0 unspecified atom stereocenters. The predicted octanol–water partition coefficient (Wildman–Crippen LogP) is 2.60. The minimum Gasteiger partial charge on any atom is -0.453 e. The number of rotatable bonds is 5. The maximum Gasteiger partial charge on any atom is 0.407 e. The normalized spacial score (nSPS) is 17.7. The Balaban J connectivity index is 2.10. The van der Waals surface area contributed by atoms with Crippen LogP contribution < -0.4 is 10.6 Å². The summed E-state index contributed by atoms with van der Waals surface area (Å²) >= 11 is 2.18. The first-order chi connectivity index (χ1) is 12.3. The fourth-order valence-corrected chi connectivity index (χ4v) is 3.52. The van der Waals surface area contributed by atoms with E-state index in [2.05, 4.69) is 38.0 Å². The lowest BCUT2D eigenvalue weighted by Crippen LogP contribution is -2.54. The van der Waals surface area contributed by atoms with Crippen molar-refractivity contribution in [1.29, 1.82) is 0 Å². The fraction of sp³-hybridized carbons (Fsp3) is 0.500. The van der Waals surface area contributed by atoms with E-state index in [0.29, 0.717) is 18.7 Å². The van der Waals surface area contributed by atoms with Crippen molar-refractivity contribution in [3.63, 3.8) is 0 Å². The molecule has 7 nitrogen and oxygen atoms in total. The number of carbonyl (C=O) groups is 3. The van der Waals surface area contributed by atoms with E-state index >= 15 is 0 Å². The van der Waals surface area contributed by atoms with Crippen molar-refractivity contribution in [2.45, 2.75) is 38.8 Å². The van der Waals surface area contributed by atoms with Crippen LogP contribution in [0.5, 0.6) is 0 Å². The molecule has 1 aliphatic heterocycles. The number of hydrogen-bond acceptors (Lipinski definition) is 4. The third-order valence-corrected chi connectivity index (χ3v) is 4.99. The highest BCUT2D eigenvalue weighted by Gasteiger charge is 2.38. The van der Waals surface area contributed by atoms with Gasteiger partial charge in [-0.3, -0.25) is 9.59 Å². The number of hydrogen-bond donors (Lipinski definition) is 2. The average molecular weight is 473 g/mol. The van der Waals surface area contributed by atoms with Crippen LogP contribution in [0.4, 0.5) is 10.5 Å². The van der Waals surface area contributed by atoms with Crippen LogP contribution in [-0.4, -0.2) is 48.5 Å². The minimum atomic E-state index is -0.728. The lowest BCUT2D eigenvalue weighted by molar-refractivity contribution is -0.139. The van der Waals surface area contributed by atoms with E-state index in [9.17, 15) is 14.4 Å². The van der Waals surface area contributed by atoms with Gasteiger partial charge in [-0.1, -0.05) is 19.9 Å². The zero-order valence-corrected chi connectivity index (χ0v) is 17.3. The van der Waals surface area contributed by atoms with E-state index in [1.807, 2.05) is 38.1 Å². The highest BCUT2D eigenvalue weighted by atomic mass is 127. The van der Waals surface area contributed by atoms with Crippen molar-refractivity contribution in [1.82, 2.24) is 10.2 Å². The molecule has 1 aromatic carbocycles. The van der Waals surface area contributed by atoms with Gasteiger partial charge in [-0.05, 0) is 59.5 Å². The van der Waals surface area contributed by atoms with Gasteiger partial charge in [-0.15, -0.1) is 0 Å². The van der Waals surface area contributed by atoms with Gasteiger partial charge in [-0.25, -0.2) is 4.79 Å². The predicted molar refractivity (Wildman–Crippen MR) is 107 cm³/mol. The van der Waals surface area contributed by atoms with Gasteiger partial charge < -0.3 is 20.3 Å². The Hall–Kier alpha value is -1.84. The second kappa shape index (κ2) is 9.20. The molecule has 1 fully saturated rings. The number of methoxy groups -OCH3 is 1. The smallest absolute Gasteiger partial charge is 0.407 e. The summed E-state index contributed by atoms with van der Waals surface area (Å²) in [7, 11) is 1.25. The second-order valence-electron chi connectivity index (χ2n) is 6.55. The van der Waals surface area contributed by atoms with E-state index in [4.69, 9.17) is 0 Å². The Morgan fingerprint density at radius 3 is 2.65 bits per heavy atom. The largest absolute Gasteiger partial charge is 0.453 e. The molecule has 2 N–H and O–H groups in total. The van der Waals surface area contributed by atoms with Crippen LogP contribution in [0.3, 0.4) is 0 Å². The molecule has 0 bridgehead atoms. The maximum atomic E-state index is 12.9. The SMILES string of the molecule is COC(=O)N[C@H](C(=O)N1CCC[C@H]1C(=O)Nc1cccc(I)c1)C(C)C. The number of amides is 3. The summed E-state index contributed by atoms with van der Waals surface area (Å²) < 4.78 is 5.62. The molecule has 1 aliphatic rings. The van der Waals surface area contributed by atoms with Crippen molar-refractivity contribution < 1.29 is 19.1 Å². The molecule has 0 aliphatic carbocycles. The third-order valence-electron chi connectivity index (χ3n) is 4.32. The highest BCUT2D eigenvalue weighted by Crippen LogP contribution is 2.22. The number of nitrogens with one attached hydrogen (secondary N) is 2. The van der Waals surface area contributed by atoms with Gasteiger partial charge in [0.1, 0.15) is 12.1 Å². The first-order valence-corrected chi connectivity index (χ1v) is 9.62. The van der Waals surface area contributed by atoms with Crippen molar-refractivity contribution in [2.24, 2.45) is 5.92 Å². The standard InChI is InChI=1S/C18H24IN3O4/c1-11(2)15(21-18(25)26-3)17(24)22-9-5-8-14(22)16(23)20-13-7-4-6-12(19)10-13/h4,6-7,10-11,14-15H,5,8-9H2,1-3H3,(H,20,23)(H,21,25)/t14-,15-/m0/s1. The van der Waals surface area contributed by atoms with Gasteiger partial charge >= 0.3 is 6.09 Å². The number of carbonyl (C=O) groups excluding carboxylic acids is 3. The van der Waals surface area contributed by atoms with Crippen LogP contribution in [0, 0.1) is 9.49 Å². The topological polar surface area (TPSA) is 87.7 Å². The second-order valence-corrected chi connectivity index (χ2v) is 7.79. The molecule has 0 saturated carbocycles. The van der Waals surface area contributed by atoms with Gasteiger partial charge in [0.05, 0.1) is 7.11 Å². The summed E-state index contributed by atoms with van der Waals surface area (Å²) in [5, 5.41) is 5.45. The van der Waals surface area contributed by atoms with E-state index in [-0.39, 0.29) is 17.7 Å². The number of benzene rings is 1. The molecule has 142 valence electrons. The summed E-state index contributed by atoms with van der Waals surface area (Å²) in [6.07, 6.45) is 0.695. The van der Waals surface area contributed by atoms with E-state index in [1.54, 1.807) is 4.90 Å². The van der Waals surface area contributed by atoms with E-state index < -0.39 is 18.2 Å². The van der Waals surface area contributed by atoms with Gasteiger partial charge in [0.15, 0.2) is 0 Å². The Kier molecular flexibility index (Phi) is 7.24. The van der Waals surface area contributed by atoms with Crippen molar-refractivity contribution in [2.75, 3.05) is 19.0 Å². The molecule has 0 radical (unpaired) electrons. The quantitative estimate of drug-likeness (QED) is 0.644. The molecule has 0 spiro atoms. The van der Waals surface area contributed by atoms with Crippen molar-refractivity contribution in [3.05, 3.63) is 27.8 Å². The van der Waals surface area contributed by atoms with Crippen molar-refractivity contribution in [3.8, 4) is 0 Å². The van der Waals surface area contributed by atoms with E-state index in [0.717, 1.165) is 9.99 Å². The summed E-state index contributed by atoms with van der Waals surface area (Å²) in [6, 6.07) is 6.22. The summed E-state index contributed by atoms with van der Waals surface area (Å²) in [4.78, 5) is 38.7. The number of halogens is 1. The Labute approximate surface area is 167 Å². The molecule has 1 saturated heterocycles. The Morgan fingerprint density at radius 2 is 2.04 bits per heavy atom. The van der Waals surface area contributed by atoms with Crippen LogP contribution in [0.1, 0.15) is 26.7 Å². The molecule has 2 rings (SSSR count). The first-order valence-electron chi connectivity index (χ1n) is 8.55. The van der Waals surface area contributed by atoms with Gasteiger partial charge in [0.25, 0.3) is 0 Å². The summed E-state index contributed by atoms with van der Waals surface area (Å²) in [5.41, 5.74) is 0.703. The summed E-state index contributed by atoms with van der Waals surface area (Å²) in [5.74, 6) is -0.592. The molecule has 8 heteroatoms. The third kappa shape index (κ3) is 5.09. The van der Waals surface area contributed by atoms with Gasteiger partial charge in [0.2, 0.25) is 11.8 Å². The lowest BCUT2D eigenvalue weighted by atomic mass is 10.0. The molecule has 3 amide bonds. The van der Waals surface area contributed by atoms with Crippen LogP contribution in [0.2, 0.25) is 0 Å². The molecule has 2 atom stereocenters. The van der Waals surface area contributed by atoms with Crippen LogP contribution >= 0.6 is 22.6 Å². The van der Waals surface area contributed by atoms with Gasteiger partial charge in [-0.2, -0.15) is 0 Å². The molecule has 26 heavy (non-hydrogen) atoms. The van der Waals surface area contributed by atoms with Gasteiger partial charge in [0, 0.05) is 15.8 Å². The van der Waals surface area contributed by atoms with E-state index in [1.165, 1.54) is 7.11 Å². The fourth-order valence-electron chi connectivity index (χ4n) is 2.97. The zero-order chi connectivity index (χ0) is 19.3. The molecular formula is C18H24IN3O4. The number of anilines is 1. The van der Waals surface area contributed by atoms with Crippen LogP contribution in [-0.2, 0) is 14.3 Å². The summed E-state index contributed by atoms with van der Waals surface area (Å²) in [6.45, 7) is 4.18. The Morgan fingerprint density at radius 1 is 1.31 bits per heavy atom. The lowest BCUT2D eigenvalue weighted by Gasteiger charge is -2.30. The average Bonchev–Trinajstić information content (AvgIpc) is 3.08. The molecule has 1 aromatic rings. The minimum absolute atomic E-state index is 0.124. The first kappa shape index (κ1) is 20.5. The molecular weight excluding hydrogens is 449 g/mol. The number of likely N-dealkylation sites (tertiary alicyclic amines) is 1. The maximum absolute atomic E-state index is 12.9. The van der Waals surface area contributed by atoms with Crippen molar-refractivity contribution >= 4 is 46.2 Å². The molecule has 0 aromatic heterocycles. The Bertz CT molecular complexity index is 680. The number of nitrogens with zero attached hydrogens (tertiary/aromatic N) is 1. The zero-order valence-electron chi connectivity index (χ0n) is 15.1.